The van der Waals surface area contributed by atoms with Crippen LogP contribution in [0.25, 0.3) is 0 Å². The lowest BCUT2D eigenvalue weighted by Gasteiger charge is -2.45. The third-order valence-electron chi connectivity index (χ3n) is 5.01. The number of likely N-dealkylation sites (tertiary alicyclic amines) is 1. The second-order valence-corrected chi connectivity index (χ2v) is 8.07. The van der Waals surface area contributed by atoms with E-state index in [1.54, 1.807) is 0 Å². The normalized spacial score (nSPS) is 28.5. The van der Waals surface area contributed by atoms with Gasteiger partial charge in [-0.15, -0.1) is 0 Å². The first kappa shape index (κ1) is 19.0. The minimum atomic E-state index is -0.827. The molecular formula is C18H32N2O4. The summed E-state index contributed by atoms with van der Waals surface area (Å²) in [4.78, 5) is 25.4. The van der Waals surface area contributed by atoms with Crippen molar-refractivity contribution in [3.05, 3.63) is 0 Å². The molecule has 1 saturated carbocycles. The van der Waals surface area contributed by atoms with Gasteiger partial charge < -0.3 is 20.1 Å². The zero-order valence-corrected chi connectivity index (χ0v) is 15.2. The zero-order valence-electron chi connectivity index (χ0n) is 15.2. The highest BCUT2D eigenvalue weighted by atomic mass is 16.6. The molecule has 2 rings (SSSR count). The summed E-state index contributed by atoms with van der Waals surface area (Å²) in [5.41, 5.74) is -0.493. The van der Waals surface area contributed by atoms with Crippen LogP contribution in [0.4, 0.5) is 4.79 Å². The van der Waals surface area contributed by atoms with E-state index >= 15 is 0 Å². The quantitative estimate of drug-likeness (QED) is 0.822. The lowest BCUT2D eigenvalue weighted by molar-refractivity contribution is -0.136. The summed E-state index contributed by atoms with van der Waals surface area (Å²) in [7, 11) is 0. The van der Waals surface area contributed by atoms with Gasteiger partial charge in [0, 0.05) is 18.6 Å². The maximum absolute atomic E-state index is 12.6. The van der Waals surface area contributed by atoms with Gasteiger partial charge in [0.15, 0.2) is 0 Å². The number of nitrogens with one attached hydrogen (secondary N) is 1. The predicted molar refractivity (Wildman–Crippen MR) is 92.0 cm³/mol. The number of amides is 1. The van der Waals surface area contributed by atoms with Crippen molar-refractivity contribution in [1.82, 2.24) is 10.2 Å². The third-order valence-corrected chi connectivity index (χ3v) is 5.01. The van der Waals surface area contributed by atoms with Crippen LogP contribution < -0.4 is 5.32 Å². The molecular weight excluding hydrogens is 308 g/mol. The van der Waals surface area contributed by atoms with Crippen LogP contribution in [0.5, 0.6) is 0 Å². The molecule has 0 aromatic rings. The molecule has 0 aromatic heterocycles. The van der Waals surface area contributed by atoms with Crippen molar-refractivity contribution in [1.29, 1.82) is 0 Å². The summed E-state index contributed by atoms with van der Waals surface area (Å²) in [5.74, 6) is -0.516. The van der Waals surface area contributed by atoms with Crippen molar-refractivity contribution in [2.24, 2.45) is 5.92 Å². The summed E-state index contributed by atoms with van der Waals surface area (Å²) < 4.78 is 5.60. The molecule has 0 aromatic carbocycles. The van der Waals surface area contributed by atoms with Crippen LogP contribution in [0, 0.1) is 5.92 Å². The molecule has 0 bridgehead atoms. The Kier molecular flexibility index (Phi) is 6.49. The molecule has 24 heavy (non-hydrogen) atoms. The van der Waals surface area contributed by atoms with Crippen LogP contribution >= 0.6 is 0 Å². The van der Waals surface area contributed by atoms with Crippen LogP contribution in [0.15, 0.2) is 0 Å². The van der Waals surface area contributed by atoms with Crippen molar-refractivity contribution < 1.29 is 19.4 Å². The second kappa shape index (κ2) is 8.19. The average molecular weight is 340 g/mol. The first-order valence-electron chi connectivity index (χ1n) is 9.23. The number of piperidine rings is 1. The molecule has 1 amide bonds. The molecule has 0 spiro atoms. The Balaban J connectivity index is 2.08. The second-order valence-electron chi connectivity index (χ2n) is 8.07. The Labute approximate surface area is 144 Å². The highest BCUT2D eigenvalue weighted by Gasteiger charge is 2.39. The zero-order chi connectivity index (χ0) is 17.7. The van der Waals surface area contributed by atoms with Gasteiger partial charge in [0.25, 0.3) is 0 Å². The van der Waals surface area contributed by atoms with Crippen LogP contribution in [0.3, 0.4) is 0 Å². The fraction of sp³-hybridized carbons (Fsp3) is 0.889. The van der Waals surface area contributed by atoms with Crippen molar-refractivity contribution in [2.45, 2.75) is 83.4 Å². The smallest absolute Gasteiger partial charge is 0.410 e. The number of carboxylic acids is 1. The highest BCUT2D eigenvalue weighted by Crippen LogP contribution is 2.34. The van der Waals surface area contributed by atoms with E-state index in [2.05, 4.69) is 5.32 Å². The Bertz CT molecular complexity index is 447. The van der Waals surface area contributed by atoms with E-state index < -0.39 is 11.6 Å². The first-order valence-corrected chi connectivity index (χ1v) is 9.23. The van der Waals surface area contributed by atoms with E-state index in [0.29, 0.717) is 5.92 Å². The van der Waals surface area contributed by atoms with Crippen molar-refractivity contribution in [2.75, 3.05) is 13.1 Å². The van der Waals surface area contributed by atoms with Crippen molar-refractivity contribution in [3.63, 3.8) is 0 Å². The first-order chi connectivity index (χ1) is 11.3. The number of carbonyl (C=O) groups excluding carboxylic acids is 1. The molecule has 1 heterocycles. The van der Waals surface area contributed by atoms with Crippen LogP contribution in [0.2, 0.25) is 0 Å². The third kappa shape index (κ3) is 5.36. The standard InChI is InChI=1S/C18H32N2O4/c1-18(2,3)24-17(23)20-11-7-6-10-15(20)13-8-4-5-9-14(13)19-12-16(21)22/h13-15,19H,4-12H2,1-3H3,(H,21,22). The maximum Gasteiger partial charge on any atom is 0.410 e. The number of hydrogen-bond acceptors (Lipinski definition) is 4. The molecule has 3 atom stereocenters. The van der Waals surface area contributed by atoms with E-state index in [1.165, 1.54) is 0 Å². The number of aliphatic carboxylic acids is 1. The highest BCUT2D eigenvalue weighted by molar-refractivity contribution is 5.69. The van der Waals surface area contributed by atoms with Gasteiger partial charge in [0.2, 0.25) is 0 Å². The Morgan fingerprint density at radius 1 is 1.12 bits per heavy atom. The van der Waals surface area contributed by atoms with Gasteiger partial charge in [-0.05, 0) is 58.8 Å². The van der Waals surface area contributed by atoms with E-state index in [9.17, 15) is 9.59 Å². The summed E-state index contributed by atoms with van der Waals surface area (Å²) in [6, 6.07) is 0.322. The van der Waals surface area contributed by atoms with E-state index in [-0.39, 0.29) is 24.7 Å². The largest absolute Gasteiger partial charge is 0.480 e. The fourth-order valence-corrected chi connectivity index (χ4v) is 4.04. The fourth-order valence-electron chi connectivity index (χ4n) is 4.04. The lowest BCUT2D eigenvalue weighted by atomic mass is 9.76. The van der Waals surface area contributed by atoms with E-state index in [0.717, 1.165) is 51.5 Å². The van der Waals surface area contributed by atoms with E-state index in [1.807, 2.05) is 25.7 Å². The number of rotatable bonds is 4. The van der Waals surface area contributed by atoms with Gasteiger partial charge in [-0.25, -0.2) is 4.79 Å². The topological polar surface area (TPSA) is 78.9 Å². The van der Waals surface area contributed by atoms with E-state index in [4.69, 9.17) is 9.84 Å². The SMILES string of the molecule is CC(C)(C)OC(=O)N1CCCCC1C1CCCCC1NCC(=O)O. The lowest BCUT2D eigenvalue weighted by Crippen LogP contribution is -2.55. The number of carbonyl (C=O) groups is 2. The van der Waals surface area contributed by atoms with Gasteiger partial charge in [-0.2, -0.15) is 0 Å². The molecule has 6 heteroatoms. The molecule has 2 aliphatic rings. The molecule has 1 saturated heterocycles. The number of carboxylic acid groups (broad SMARTS) is 1. The molecule has 6 nitrogen and oxygen atoms in total. The molecule has 138 valence electrons. The number of hydrogen-bond donors (Lipinski definition) is 2. The summed E-state index contributed by atoms with van der Waals surface area (Å²) in [6.07, 6.45) is 7.17. The summed E-state index contributed by atoms with van der Waals surface area (Å²) in [6.45, 7) is 6.40. The number of ether oxygens (including phenoxy) is 1. The Morgan fingerprint density at radius 2 is 1.79 bits per heavy atom. The summed E-state index contributed by atoms with van der Waals surface area (Å²) >= 11 is 0. The monoisotopic (exact) mass is 340 g/mol. The summed E-state index contributed by atoms with van der Waals surface area (Å²) in [5, 5.41) is 12.2. The van der Waals surface area contributed by atoms with Gasteiger partial charge >= 0.3 is 12.1 Å². The van der Waals surface area contributed by atoms with Gasteiger partial charge in [-0.3, -0.25) is 4.79 Å². The van der Waals surface area contributed by atoms with Crippen LogP contribution in [-0.4, -0.2) is 52.8 Å². The van der Waals surface area contributed by atoms with Gasteiger partial charge in [0.1, 0.15) is 5.60 Å². The minimum absolute atomic E-state index is 0.0136. The average Bonchev–Trinajstić information content (AvgIpc) is 2.51. The van der Waals surface area contributed by atoms with Crippen molar-refractivity contribution >= 4 is 12.1 Å². The van der Waals surface area contributed by atoms with Crippen LogP contribution in [0.1, 0.15) is 65.7 Å². The minimum Gasteiger partial charge on any atom is -0.480 e. The Hall–Kier alpha value is -1.30. The van der Waals surface area contributed by atoms with Gasteiger partial charge in [0.05, 0.1) is 6.54 Å². The number of nitrogens with zero attached hydrogens (tertiary/aromatic N) is 1. The van der Waals surface area contributed by atoms with Gasteiger partial charge in [-0.1, -0.05) is 12.8 Å². The molecule has 3 unspecified atom stereocenters. The molecule has 1 aliphatic heterocycles. The molecule has 2 N–H and O–H groups in total. The predicted octanol–water partition coefficient (Wildman–Crippen LogP) is 3.01. The maximum atomic E-state index is 12.6. The molecule has 0 radical (unpaired) electrons. The van der Waals surface area contributed by atoms with Crippen molar-refractivity contribution in [3.8, 4) is 0 Å². The van der Waals surface area contributed by atoms with Crippen LogP contribution in [-0.2, 0) is 9.53 Å². The molecule has 2 fully saturated rings. The molecule has 1 aliphatic carbocycles. The Morgan fingerprint density at radius 3 is 2.46 bits per heavy atom.